The van der Waals surface area contributed by atoms with E-state index in [1.807, 2.05) is 12.1 Å². The third-order valence-electron chi connectivity index (χ3n) is 5.17. The molecule has 0 aliphatic heterocycles. The minimum Gasteiger partial charge on any atom is -0.389 e. The first-order valence-electron chi connectivity index (χ1n) is 9.16. The summed E-state index contributed by atoms with van der Waals surface area (Å²) in [6, 6.07) is 8.72. The van der Waals surface area contributed by atoms with Gasteiger partial charge in [0, 0.05) is 19.1 Å². The van der Waals surface area contributed by atoms with Crippen molar-refractivity contribution >= 4 is 5.91 Å². The summed E-state index contributed by atoms with van der Waals surface area (Å²) >= 11 is 0. The molecule has 24 heavy (non-hydrogen) atoms. The second kappa shape index (κ2) is 8.63. The summed E-state index contributed by atoms with van der Waals surface area (Å²) < 4.78 is 0. The van der Waals surface area contributed by atoms with Gasteiger partial charge in [-0.1, -0.05) is 43.5 Å². The summed E-state index contributed by atoms with van der Waals surface area (Å²) in [6.07, 6.45) is 4.93. The second-order valence-corrected chi connectivity index (χ2v) is 7.52. The Morgan fingerprint density at radius 2 is 1.83 bits per heavy atom. The van der Waals surface area contributed by atoms with Crippen LogP contribution in [0.4, 0.5) is 0 Å². The predicted molar refractivity (Wildman–Crippen MR) is 97.5 cm³/mol. The highest BCUT2D eigenvalue weighted by Gasteiger charge is 2.31. The number of nitrogens with one attached hydrogen (secondary N) is 1. The van der Waals surface area contributed by atoms with Gasteiger partial charge in [-0.2, -0.15) is 0 Å². The quantitative estimate of drug-likeness (QED) is 0.806. The fourth-order valence-electron chi connectivity index (χ4n) is 3.28. The van der Waals surface area contributed by atoms with Gasteiger partial charge in [0.05, 0.1) is 12.0 Å². The van der Waals surface area contributed by atoms with Gasteiger partial charge in [-0.25, -0.2) is 0 Å². The van der Waals surface area contributed by atoms with Crippen LogP contribution in [0.1, 0.15) is 63.5 Å². The van der Waals surface area contributed by atoms with Gasteiger partial charge in [-0.05, 0) is 44.9 Å². The van der Waals surface area contributed by atoms with Crippen molar-refractivity contribution in [2.75, 3.05) is 7.05 Å². The molecule has 0 aromatic heterocycles. The summed E-state index contributed by atoms with van der Waals surface area (Å²) in [5, 5.41) is 13.5. The summed E-state index contributed by atoms with van der Waals surface area (Å²) in [5.74, 6) is -0.0496. The van der Waals surface area contributed by atoms with Gasteiger partial charge in [-0.3, -0.25) is 9.69 Å². The number of nitrogens with zero attached hydrogens (tertiary/aromatic N) is 1. The van der Waals surface area contributed by atoms with Gasteiger partial charge in [0.25, 0.3) is 0 Å². The largest absolute Gasteiger partial charge is 0.389 e. The summed E-state index contributed by atoms with van der Waals surface area (Å²) in [4.78, 5) is 14.5. The number of amides is 1. The Kier molecular flexibility index (Phi) is 6.81. The molecule has 0 spiro atoms. The zero-order chi connectivity index (χ0) is 17.6. The summed E-state index contributed by atoms with van der Waals surface area (Å²) in [7, 11) is 2.11. The van der Waals surface area contributed by atoms with Crippen molar-refractivity contribution in [2.45, 2.75) is 77.1 Å². The van der Waals surface area contributed by atoms with Crippen molar-refractivity contribution in [3.8, 4) is 0 Å². The molecule has 1 aliphatic rings. The fraction of sp³-hybridized carbons (Fsp3) is 0.650. The number of hydrogen-bond donors (Lipinski definition) is 2. The van der Waals surface area contributed by atoms with Crippen LogP contribution in [-0.4, -0.2) is 34.6 Å². The molecule has 0 radical (unpaired) electrons. The van der Waals surface area contributed by atoms with Crippen molar-refractivity contribution in [1.29, 1.82) is 0 Å². The molecule has 0 unspecified atom stereocenters. The van der Waals surface area contributed by atoms with E-state index in [0.29, 0.717) is 12.6 Å². The normalized spacial score (nSPS) is 17.2. The molecule has 1 fully saturated rings. The average Bonchev–Trinajstić information content (AvgIpc) is 2.54. The molecule has 1 aromatic rings. The van der Waals surface area contributed by atoms with Gasteiger partial charge in [0.15, 0.2) is 0 Å². The molecule has 1 amide bonds. The lowest BCUT2D eigenvalue weighted by Gasteiger charge is -2.31. The molecule has 1 saturated carbocycles. The molecule has 0 heterocycles. The van der Waals surface area contributed by atoms with Crippen LogP contribution < -0.4 is 5.32 Å². The molecule has 134 valence electrons. The van der Waals surface area contributed by atoms with Crippen LogP contribution in [0.5, 0.6) is 0 Å². The second-order valence-electron chi connectivity index (χ2n) is 7.52. The summed E-state index contributed by atoms with van der Waals surface area (Å²) in [5.41, 5.74) is 1.60. The molecule has 0 atom stereocenters. The van der Waals surface area contributed by atoms with Crippen LogP contribution in [0.3, 0.4) is 0 Å². The zero-order valence-corrected chi connectivity index (χ0v) is 15.3. The van der Waals surface area contributed by atoms with Crippen LogP contribution in [0.25, 0.3) is 0 Å². The molecule has 4 heteroatoms. The Morgan fingerprint density at radius 1 is 1.21 bits per heavy atom. The van der Waals surface area contributed by atoms with Gasteiger partial charge in [0.2, 0.25) is 5.91 Å². The molecule has 0 saturated heterocycles. The Balaban J connectivity index is 1.90. The average molecular weight is 332 g/mol. The number of carbonyl (C=O) groups is 1. The van der Waals surface area contributed by atoms with E-state index in [0.717, 1.165) is 37.8 Å². The smallest absolute Gasteiger partial charge is 0.223 e. The highest BCUT2D eigenvalue weighted by atomic mass is 16.3. The Morgan fingerprint density at radius 3 is 2.46 bits per heavy atom. The van der Waals surface area contributed by atoms with E-state index in [4.69, 9.17) is 0 Å². The molecule has 0 bridgehead atoms. The minimum absolute atomic E-state index is 0.0496. The molecule has 4 nitrogen and oxygen atoms in total. The van der Waals surface area contributed by atoms with E-state index in [9.17, 15) is 9.90 Å². The standard InChI is InChI=1S/C20H32N2O2/c1-16(2)22(3)15-18-10-6-5-9-17(18)14-21-19(23)13-20(24)11-7-4-8-12-20/h5-6,9-10,16,24H,4,7-8,11-15H2,1-3H3,(H,21,23). The number of hydrogen-bond acceptors (Lipinski definition) is 3. The Bertz CT molecular complexity index is 536. The molecule has 2 N–H and O–H groups in total. The van der Waals surface area contributed by atoms with Crippen LogP contribution in [0, 0.1) is 0 Å². The molecule has 1 aliphatic carbocycles. The Hall–Kier alpha value is -1.39. The minimum atomic E-state index is -0.792. The first-order chi connectivity index (χ1) is 11.4. The summed E-state index contributed by atoms with van der Waals surface area (Å²) in [6.45, 7) is 5.75. The Labute approximate surface area is 146 Å². The van der Waals surface area contributed by atoms with Crippen molar-refractivity contribution in [2.24, 2.45) is 0 Å². The third-order valence-corrected chi connectivity index (χ3v) is 5.17. The van der Waals surface area contributed by atoms with E-state index in [1.165, 1.54) is 12.0 Å². The van der Waals surface area contributed by atoms with Crippen molar-refractivity contribution in [1.82, 2.24) is 10.2 Å². The van der Waals surface area contributed by atoms with Crippen LogP contribution in [0.15, 0.2) is 24.3 Å². The highest BCUT2D eigenvalue weighted by molar-refractivity contribution is 5.77. The van der Waals surface area contributed by atoms with E-state index < -0.39 is 5.60 Å². The fourth-order valence-corrected chi connectivity index (χ4v) is 3.28. The van der Waals surface area contributed by atoms with Gasteiger partial charge in [0.1, 0.15) is 0 Å². The number of carbonyl (C=O) groups excluding carboxylic acids is 1. The topological polar surface area (TPSA) is 52.6 Å². The highest BCUT2D eigenvalue weighted by Crippen LogP contribution is 2.30. The van der Waals surface area contributed by atoms with Crippen LogP contribution in [0.2, 0.25) is 0 Å². The third kappa shape index (κ3) is 5.60. The maximum absolute atomic E-state index is 12.3. The maximum atomic E-state index is 12.3. The zero-order valence-electron chi connectivity index (χ0n) is 15.3. The van der Waals surface area contributed by atoms with E-state index >= 15 is 0 Å². The lowest BCUT2D eigenvalue weighted by Crippen LogP contribution is -2.38. The molecular formula is C20H32N2O2. The monoisotopic (exact) mass is 332 g/mol. The van der Waals surface area contributed by atoms with E-state index in [-0.39, 0.29) is 12.3 Å². The van der Waals surface area contributed by atoms with Gasteiger partial charge >= 0.3 is 0 Å². The van der Waals surface area contributed by atoms with Crippen molar-refractivity contribution < 1.29 is 9.90 Å². The van der Waals surface area contributed by atoms with E-state index in [2.05, 4.69) is 43.2 Å². The van der Waals surface area contributed by atoms with Crippen molar-refractivity contribution in [3.63, 3.8) is 0 Å². The number of rotatable bonds is 7. The SMILES string of the molecule is CC(C)N(C)Cc1ccccc1CNC(=O)CC1(O)CCCCC1. The predicted octanol–water partition coefficient (Wildman–Crippen LogP) is 3.23. The number of benzene rings is 1. The number of aliphatic hydroxyl groups is 1. The van der Waals surface area contributed by atoms with Gasteiger partial charge in [-0.15, -0.1) is 0 Å². The molecule has 1 aromatic carbocycles. The van der Waals surface area contributed by atoms with Crippen LogP contribution >= 0.6 is 0 Å². The molecule has 2 rings (SSSR count). The first-order valence-corrected chi connectivity index (χ1v) is 9.16. The van der Waals surface area contributed by atoms with Crippen LogP contribution in [-0.2, 0) is 17.9 Å². The van der Waals surface area contributed by atoms with Gasteiger partial charge < -0.3 is 10.4 Å². The first kappa shape index (κ1) is 18.9. The van der Waals surface area contributed by atoms with Crippen molar-refractivity contribution in [3.05, 3.63) is 35.4 Å². The maximum Gasteiger partial charge on any atom is 0.223 e. The molecular weight excluding hydrogens is 300 g/mol. The lowest BCUT2D eigenvalue weighted by molar-refractivity contribution is -0.127. The lowest BCUT2D eigenvalue weighted by atomic mass is 9.82. The van der Waals surface area contributed by atoms with E-state index in [1.54, 1.807) is 0 Å².